The molecule has 3 heteroatoms. The summed E-state index contributed by atoms with van der Waals surface area (Å²) in [4.78, 5) is 16.3. The van der Waals surface area contributed by atoms with E-state index in [-0.39, 0.29) is 5.91 Å². The van der Waals surface area contributed by atoms with E-state index >= 15 is 0 Å². The van der Waals surface area contributed by atoms with E-state index in [0.29, 0.717) is 6.42 Å². The summed E-state index contributed by atoms with van der Waals surface area (Å²) in [6, 6.07) is 0. The number of hydroxylamine groups is 2. The lowest BCUT2D eigenvalue weighted by molar-refractivity contribution is -0.168. The van der Waals surface area contributed by atoms with Crippen molar-refractivity contribution in [1.82, 2.24) is 5.06 Å². The third kappa shape index (κ3) is 4.65. The molecule has 1 rings (SSSR count). The predicted molar refractivity (Wildman–Crippen MR) is 60.2 cm³/mol. The number of nitrogens with zero attached hydrogens (tertiary/aromatic N) is 1. The summed E-state index contributed by atoms with van der Waals surface area (Å²) in [6.07, 6.45) is 9.76. The van der Waals surface area contributed by atoms with E-state index in [4.69, 9.17) is 4.84 Å². The summed E-state index contributed by atoms with van der Waals surface area (Å²) in [7, 11) is 3.20. The van der Waals surface area contributed by atoms with Gasteiger partial charge in [0.1, 0.15) is 0 Å². The Bertz CT molecular complexity index is 188. The Kier molecular flexibility index (Phi) is 5.69. The molecular formula is C12H23NO2. The van der Waals surface area contributed by atoms with Crippen LogP contribution in [0.2, 0.25) is 0 Å². The lowest BCUT2D eigenvalue weighted by Crippen LogP contribution is -2.25. The van der Waals surface area contributed by atoms with Crippen LogP contribution in [0.3, 0.4) is 0 Å². The fourth-order valence-electron chi connectivity index (χ4n) is 2.28. The van der Waals surface area contributed by atoms with E-state index in [1.54, 1.807) is 7.05 Å². The van der Waals surface area contributed by atoms with Crippen molar-refractivity contribution in [3.63, 3.8) is 0 Å². The zero-order valence-electron chi connectivity index (χ0n) is 10.00. The van der Waals surface area contributed by atoms with Gasteiger partial charge in [-0.1, -0.05) is 32.1 Å². The lowest BCUT2D eigenvalue weighted by Gasteiger charge is -2.21. The minimum atomic E-state index is 0.0910. The van der Waals surface area contributed by atoms with Gasteiger partial charge >= 0.3 is 0 Å². The molecule has 88 valence electrons. The van der Waals surface area contributed by atoms with Crippen LogP contribution in [0.4, 0.5) is 0 Å². The number of hydrogen-bond acceptors (Lipinski definition) is 2. The Hall–Kier alpha value is -0.570. The maximum atomic E-state index is 11.4. The highest BCUT2D eigenvalue weighted by Gasteiger charge is 2.14. The van der Waals surface area contributed by atoms with Crippen LogP contribution in [0.25, 0.3) is 0 Å². The second-order valence-electron chi connectivity index (χ2n) is 4.47. The first-order chi connectivity index (χ1) is 7.24. The number of carbonyl (C=O) groups excluding carboxylic acids is 1. The first-order valence-corrected chi connectivity index (χ1v) is 6.04. The maximum Gasteiger partial charge on any atom is 0.245 e. The van der Waals surface area contributed by atoms with Gasteiger partial charge in [-0.3, -0.25) is 9.63 Å². The van der Waals surface area contributed by atoms with Gasteiger partial charge in [-0.05, 0) is 18.8 Å². The molecule has 0 aromatic rings. The summed E-state index contributed by atoms with van der Waals surface area (Å²) in [5.41, 5.74) is 0. The summed E-state index contributed by atoms with van der Waals surface area (Å²) in [6.45, 7) is 0. The Morgan fingerprint density at radius 2 is 2.00 bits per heavy atom. The zero-order chi connectivity index (χ0) is 11.1. The van der Waals surface area contributed by atoms with E-state index in [0.717, 1.165) is 12.3 Å². The van der Waals surface area contributed by atoms with Crippen LogP contribution < -0.4 is 0 Å². The van der Waals surface area contributed by atoms with Gasteiger partial charge in [-0.2, -0.15) is 0 Å². The Balaban J connectivity index is 2.07. The molecule has 1 saturated carbocycles. The number of carbonyl (C=O) groups is 1. The van der Waals surface area contributed by atoms with Crippen molar-refractivity contribution in [2.75, 3.05) is 14.2 Å². The van der Waals surface area contributed by atoms with Gasteiger partial charge in [-0.15, -0.1) is 0 Å². The summed E-state index contributed by atoms with van der Waals surface area (Å²) in [5, 5.41) is 1.32. The van der Waals surface area contributed by atoms with Crippen LogP contribution in [0, 0.1) is 5.92 Å². The third-order valence-corrected chi connectivity index (χ3v) is 3.35. The van der Waals surface area contributed by atoms with Crippen molar-refractivity contribution in [2.24, 2.45) is 5.92 Å². The number of amides is 1. The fraction of sp³-hybridized carbons (Fsp3) is 0.917. The monoisotopic (exact) mass is 213 g/mol. The van der Waals surface area contributed by atoms with Crippen molar-refractivity contribution >= 4 is 5.91 Å². The molecule has 0 unspecified atom stereocenters. The smallest absolute Gasteiger partial charge is 0.245 e. The molecule has 0 heterocycles. The van der Waals surface area contributed by atoms with Gasteiger partial charge in [0.25, 0.3) is 0 Å². The second-order valence-corrected chi connectivity index (χ2v) is 4.47. The van der Waals surface area contributed by atoms with Crippen LogP contribution in [0.5, 0.6) is 0 Å². The van der Waals surface area contributed by atoms with Gasteiger partial charge in [0, 0.05) is 13.5 Å². The van der Waals surface area contributed by atoms with Crippen LogP contribution in [-0.4, -0.2) is 25.1 Å². The molecule has 0 spiro atoms. The predicted octanol–water partition coefficient (Wildman–Crippen LogP) is 2.76. The molecule has 0 bridgehead atoms. The molecule has 0 aliphatic heterocycles. The van der Waals surface area contributed by atoms with Crippen molar-refractivity contribution in [3.8, 4) is 0 Å². The number of hydrogen-bond donors (Lipinski definition) is 0. The minimum Gasteiger partial charge on any atom is -0.275 e. The largest absolute Gasteiger partial charge is 0.275 e. The normalized spacial score (nSPS) is 17.7. The van der Waals surface area contributed by atoms with Gasteiger partial charge < -0.3 is 0 Å². The molecule has 0 aromatic heterocycles. The molecule has 1 fully saturated rings. The molecule has 3 nitrogen and oxygen atoms in total. The van der Waals surface area contributed by atoms with Gasteiger partial charge in [-0.25, -0.2) is 5.06 Å². The first-order valence-electron chi connectivity index (χ1n) is 6.04. The van der Waals surface area contributed by atoms with Gasteiger partial charge in [0.15, 0.2) is 0 Å². The molecule has 15 heavy (non-hydrogen) atoms. The highest BCUT2D eigenvalue weighted by molar-refractivity contribution is 5.74. The summed E-state index contributed by atoms with van der Waals surface area (Å²) in [5.74, 6) is 0.965. The molecule has 0 N–H and O–H groups in total. The molecule has 0 atom stereocenters. The van der Waals surface area contributed by atoms with Gasteiger partial charge in [0.05, 0.1) is 7.11 Å². The summed E-state index contributed by atoms with van der Waals surface area (Å²) < 4.78 is 0. The van der Waals surface area contributed by atoms with E-state index in [1.807, 2.05) is 0 Å². The SMILES string of the molecule is CON(C)C(=O)CCCC1CCCCC1. The maximum absolute atomic E-state index is 11.4. The van der Waals surface area contributed by atoms with Crippen molar-refractivity contribution < 1.29 is 9.63 Å². The van der Waals surface area contributed by atoms with Gasteiger partial charge in [0.2, 0.25) is 5.91 Å². The molecule has 1 aliphatic carbocycles. The zero-order valence-corrected chi connectivity index (χ0v) is 10.00. The fourth-order valence-corrected chi connectivity index (χ4v) is 2.28. The Morgan fingerprint density at radius 1 is 1.33 bits per heavy atom. The summed E-state index contributed by atoms with van der Waals surface area (Å²) >= 11 is 0. The average molecular weight is 213 g/mol. The molecule has 1 aliphatic rings. The molecule has 1 amide bonds. The third-order valence-electron chi connectivity index (χ3n) is 3.35. The quantitative estimate of drug-likeness (QED) is 0.657. The second kappa shape index (κ2) is 6.83. The van der Waals surface area contributed by atoms with E-state index in [9.17, 15) is 4.79 Å². The molecule has 0 radical (unpaired) electrons. The molecule has 0 saturated heterocycles. The van der Waals surface area contributed by atoms with Crippen LogP contribution >= 0.6 is 0 Å². The van der Waals surface area contributed by atoms with E-state index in [1.165, 1.54) is 50.7 Å². The van der Waals surface area contributed by atoms with Crippen molar-refractivity contribution in [2.45, 2.75) is 51.4 Å². The van der Waals surface area contributed by atoms with Crippen LogP contribution in [-0.2, 0) is 9.63 Å². The van der Waals surface area contributed by atoms with Crippen molar-refractivity contribution in [3.05, 3.63) is 0 Å². The number of rotatable bonds is 5. The molecular weight excluding hydrogens is 190 g/mol. The van der Waals surface area contributed by atoms with E-state index in [2.05, 4.69) is 0 Å². The average Bonchev–Trinajstić information content (AvgIpc) is 2.29. The first kappa shape index (κ1) is 12.5. The lowest BCUT2D eigenvalue weighted by atomic mass is 9.86. The minimum absolute atomic E-state index is 0.0910. The Morgan fingerprint density at radius 3 is 2.60 bits per heavy atom. The topological polar surface area (TPSA) is 29.5 Å². The Labute approximate surface area is 92.7 Å². The standard InChI is InChI=1S/C12H23NO2/c1-13(15-2)12(14)10-6-9-11-7-4-3-5-8-11/h11H,3-10H2,1-2H3. The van der Waals surface area contributed by atoms with E-state index < -0.39 is 0 Å². The highest BCUT2D eigenvalue weighted by Crippen LogP contribution is 2.27. The van der Waals surface area contributed by atoms with Crippen LogP contribution in [0.15, 0.2) is 0 Å². The van der Waals surface area contributed by atoms with Crippen molar-refractivity contribution in [1.29, 1.82) is 0 Å². The highest BCUT2D eigenvalue weighted by atomic mass is 16.7. The molecule has 0 aromatic carbocycles. The van der Waals surface area contributed by atoms with Crippen LogP contribution in [0.1, 0.15) is 51.4 Å².